The molecule has 9 heteroatoms. The quantitative estimate of drug-likeness (QED) is 0.674. The van der Waals surface area contributed by atoms with Gasteiger partial charge in [0.1, 0.15) is 0 Å². The van der Waals surface area contributed by atoms with Crippen LogP contribution in [0, 0.1) is 0 Å². The summed E-state index contributed by atoms with van der Waals surface area (Å²) in [4.78, 5) is 4.59. The van der Waals surface area contributed by atoms with E-state index in [4.69, 9.17) is 10.9 Å². The average Bonchev–Trinajstić information content (AvgIpc) is 2.89. The molecule has 0 fully saturated rings. The third kappa shape index (κ3) is 2.07. The summed E-state index contributed by atoms with van der Waals surface area (Å²) in [6.45, 7) is 0. The molecule has 3 aromatic rings. The van der Waals surface area contributed by atoms with Crippen LogP contribution in [0.1, 0.15) is 0 Å². The molecule has 7 nitrogen and oxygen atoms in total. The molecule has 0 radical (unpaired) electrons. The Kier molecular flexibility index (Phi) is 2.55. The molecule has 2 heterocycles. The molecule has 0 amide bonds. The molecule has 3 rings (SSSR count). The van der Waals surface area contributed by atoms with Gasteiger partial charge < -0.3 is 5.73 Å². The number of aromatic nitrogens is 3. The highest BCUT2D eigenvalue weighted by atomic mass is 32.2. The van der Waals surface area contributed by atoms with Gasteiger partial charge in [-0.2, -0.15) is 0 Å². The summed E-state index contributed by atoms with van der Waals surface area (Å²) < 4.78 is 23.8. The van der Waals surface area contributed by atoms with Gasteiger partial charge in [0, 0.05) is 11.3 Å². The Morgan fingerprint density at radius 1 is 1.21 bits per heavy atom. The van der Waals surface area contributed by atoms with E-state index in [1.807, 2.05) is 12.1 Å². The van der Waals surface area contributed by atoms with Gasteiger partial charge in [-0.3, -0.25) is 0 Å². The first kappa shape index (κ1) is 12.1. The van der Waals surface area contributed by atoms with E-state index >= 15 is 0 Å². The van der Waals surface area contributed by atoms with Crippen molar-refractivity contribution in [3.63, 3.8) is 0 Å². The number of nitrogen functional groups attached to an aromatic ring is 1. The summed E-state index contributed by atoms with van der Waals surface area (Å²) >= 11 is 0.926. The van der Waals surface area contributed by atoms with Crippen LogP contribution in [0.5, 0.6) is 0 Å². The minimum Gasteiger partial charge on any atom is -0.399 e. The molecule has 0 unspecified atom stereocenters. The number of sulfonamides is 1. The van der Waals surface area contributed by atoms with Crippen molar-refractivity contribution in [3.8, 4) is 11.3 Å². The summed E-state index contributed by atoms with van der Waals surface area (Å²) in [7, 11) is -3.81. The molecule has 98 valence electrons. The average molecular weight is 295 g/mol. The van der Waals surface area contributed by atoms with Crippen molar-refractivity contribution < 1.29 is 8.42 Å². The molecule has 0 aliphatic heterocycles. The second kappa shape index (κ2) is 4.02. The summed E-state index contributed by atoms with van der Waals surface area (Å²) in [6.07, 6.45) is 1.62. The number of primary sulfonamides is 1. The summed E-state index contributed by atoms with van der Waals surface area (Å²) in [6, 6.07) is 7.13. The lowest BCUT2D eigenvalue weighted by atomic mass is 10.1. The van der Waals surface area contributed by atoms with Gasteiger partial charge in [-0.15, -0.1) is 5.10 Å². The molecule has 0 saturated heterocycles. The fourth-order valence-corrected chi connectivity index (χ4v) is 3.13. The zero-order valence-electron chi connectivity index (χ0n) is 9.52. The SMILES string of the molecule is Nc1ccc(-c2cnc3sc(S(N)(=O)=O)nn23)cc1. The molecular formula is C10H9N5O2S2. The number of fused-ring (bicyclic) bond motifs is 1. The van der Waals surface area contributed by atoms with E-state index in [-0.39, 0.29) is 4.34 Å². The van der Waals surface area contributed by atoms with Crippen LogP contribution in [-0.4, -0.2) is 23.0 Å². The van der Waals surface area contributed by atoms with E-state index < -0.39 is 10.0 Å². The predicted octanol–water partition coefficient (Wildman–Crippen LogP) is 0.687. The van der Waals surface area contributed by atoms with Gasteiger partial charge in [0.15, 0.2) is 0 Å². The Morgan fingerprint density at radius 3 is 2.53 bits per heavy atom. The first-order valence-electron chi connectivity index (χ1n) is 5.18. The Hall–Kier alpha value is -1.97. The zero-order chi connectivity index (χ0) is 13.6. The number of benzene rings is 1. The third-order valence-corrected chi connectivity index (χ3v) is 4.75. The number of nitrogens with zero attached hydrogens (tertiary/aromatic N) is 3. The van der Waals surface area contributed by atoms with Crippen molar-refractivity contribution in [1.29, 1.82) is 0 Å². The van der Waals surface area contributed by atoms with Crippen LogP contribution in [0.15, 0.2) is 34.8 Å². The third-order valence-electron chi connectivity index (χ3n) is 2.52. The second-order valence-electron chi connectivity index (χ2n) is 3.87. The summed E-state index contributed by atoms with van der Waals surface area (Å²) in [5.74, 6) is 0. The first-order chi connectivity index (χ1) is 8.95. The van der Waals surface area contributed by atoms with Gasteiger partial charge >= 0.3 is 0 Å². The summed E-state index contributed by atoms with van der Waals surface area (Å²) in [5, 5.41) is 9.02. The fraction of sp³-hybridized carbons (Fsp3) is 0. The minimum atomic E-state index is -3.81. The lowest BCUT2D eigenvalue weighted by Gasteiger charge is -1.99. The Labute approximate surface area is 112 Å². The normalized spacial score (nSPS) is 12.1. The number of imidazole rings is 1. The molecule has 19 heavy (non-hydrogen) atoms. The van der Waals surface area contributed by atoms with E-state index in [0.29, 0.717) is 16.3 Å². The first-order valence-corrected chi connectivity index (χ1v) is 7.55. The molecular weight excluding hydrogens is 286 g/mol. The maximum Gasteiger partial charge on any atom is 0.267 e. The van der Waals surface area contributed by atoms with Gasteiger partial charge in [0.2, 0.25) is 9.30 Å². The maximum absolute atomic E-state index is 11.3. The topological polar surface area (TPSA) is 116 Å². The van der Waals surface area contributed by atoms with Crippen molar-refractivity contribution in [3.05, 3.63) is 30.5 Å². The van der Waals surface area contributed by atoms with E-state index in [0.717, 1.165) is 16.9 Å². The largest absolute Gasteiger partial charge is 0.399 e. The smallest absolute Gasteiger partial charge is 0.267 e. The molecule has 2 aromatic heterocycles. The zero-order valence-corrected chi connectivity index (χ0v) is 11.1. The van der Waals surface area contributed by atoms with Crippen LogP contribution in [0.25, 0.3) is 16.2 Å². The van der Waals surface area contributed by atoms with Gasteiger partial charge in [0.05, 0.1) is 11.9 Å². The summed E-state index contributed by atoms with van der Waals surface area (Å²) in [5.41, 5.74) is 7.79. The van der Waals surface area contributed by atoms with Crippen LogP contribution < -0.4 is 10.9 Å². The van der Waals surface area contributed by atoms with Crippen molar-refractivity contribution in [1.82, 2.24) is 14.6 Å². The molecule has 0 bridgehead atoms. The molecule has 0 atom stereocenters. The molecule has 4 N–H and O–H groups in total. The Balaban J connectivity index is 2.20. The highest BCUT2D eigenvalue weighted by Gasteiger charge is 2.18. The van der Waals surface area contributed by atoms with Gasteiger partial charge in [0.25, 0.3) is 10.0 Å². The predicted molar refractivity (Wildman–Crippen MR) is 72.1 cm³/mol. The number of rotatable bonds is 2. The molecule has 0 saturated carbocycles. The highest BCUT2D eigenvalue weighted by Crippen LogP contribution is 2.25. The van der Waals surface area contributed by atoms with Crippen molar-refractivity contribution in [2.75, 3.05) is 5.73 Å². The molecule has 0 spiro atoms. The van der Waals surface area contributed by atoms with Crippen LogP contribution in [0.4, 0.5) is 5.69 Å². The monoisotopic (exact) mass is 295 g/mol. The number of nitrogens with two attached hydrogens (primary N) is 2. The standard InChI is InChI=1S/C10H9N5O2S2/c11-7-3-1-6(2-4-7)8-5-13-9-15(8)14-10(18-9)19(12,16)17/h1-5H,11H2,(H2,12,16,17). The number of hydrogen-bond donors (Lipinski definition) is 2. The van der Waals surface area contributed by atoms with Crippen LogP contribution in [-0.2, 0) is 10.0 Å². The second-order valence-corrected chi connectivity index (χ2v) is 6.56. The van der Waals surface area contributed by atoms with Crippen molar-refractivity contribution >= 4 is 32.0 Å². The van der Waals surface area contributed by atoms with Crippen molar-refractivity contribution in [2.45, 2.75) is 4.34 Å². The van der Waals surface area contributed by atoms with Gasteiger partial charge in [-0.25, -0.2) is 23.1 Å². The van der Waals surface area contributed by atoms with E-state index in [1.165, 1.54) is 4.52 Å². The number of anilines is 1. The lowest BCUT2D eigenvalue weighted by Crippen LogP contribution is -2.12. The van der Waals surface area contributed by atoms with E-state index in [1.54, 1.807) is 18.3 Å². The maximum atomic E-state index is 11.3. The molecule has 1 aromatic carbocycles. The van der Waals surface area contributed by atoms with Crippen LogP contribution in [0.3, 0.4) is 0 Å². The van der Waals surface area contributed by atoms with E-state index in [2.05, 4.69) is 10.1 Å². The van der Waals surface area contributed by atoms with Gasteiger partial charge in [-0.1, -0.05) is 23.5 Å². The minimum absolute atomic E-state index is 0.160. The lowest BCUT2D eigenvalue weighted by molar-refractivity contribution is 0.595. The van der Waals surface area contributed by atoms with E-state index in [9.17, 15) is 8.42 Å². The number of hydrogen-bond acceptors (Lipinski definition) is 6. The highest BCUT2D eigenvalue weighted by molar-refractivity contribution is 7.91. The van der Waals surface area contributed by atoms with Crippen molar-refractivity contribution in [2.24, 2.45) is 5.14 Å². The Morgan fingerprint density at radius 2 is 1.89 bits per heavy atom. The Bertz CT molecular complexity index is 848. The van der Waals surface area contributed by atoms with Crippen LogP contribution >= 0.6 is 11.3 Å². The fourth-order valence-electron chi connectivity index (χ4n) is 1.64. The molecule has 0 aliphatic carbocycles. The van der Waals surface area contributed by atoms with Crippen LogP contribution in [0.2, 0.25) is 0 Å². The molecule has 0 aliphatic rings. The van der Waals surface area contributed by atoms with Gasteiger partial charge in [-0.05, 0) is 12.1 Å².